The van der Waals surface area contributed by atoms with Crippen LogP contribution in [0.2, 0.25) is 0 Å². The molecule has 1 unspecified atom stereocenters. The summed E-state index contributed by atoms with van der Waals surface area (Å²) in [6, 6.07) is 14.6. The molecule has 2 aromatic rings. The van der Waals surface area contributed by atoms with Crippen LogP contribution in [-0.4, -0.2) is 26.5 Å². The minimum Gasteiger partial charge on any atom is -0.348 e. The first kappa shape index (κ1) is 22.6. The number of nitrogens with zero attached hydrogens (tertiary/aromatic N) is 1. The quantitative estimate of drug-likeness (QED) is 0.389. The van der Waals surface area contributed by atoms with Crippen molar-refractivity contribution in [3.05, 3.63) is 65.5 Å². The maximum Gasteiger partial charge on any atom is 0.469 e. The third-order valence-electron chi connectivity index (χ3n) is 4.75. The molecule has 0 aliphatic rings. The van der Waals surface area contributed by atoms with Crippen molar-refractivity contribution in [2.45, 2.75) is 44.6 Å². The van der Waals surface area contributed by atoms with E-state index in [1.807, 2.05) is 13.1 Å². The number of phosphoric acid groups is 1. The molecule has 1 aromatic carbocycles. The fraction of sp³-hybridized carbons (Fsp3) is 0.429. The van der Waals surface area contributed by atoms with Crippen molar-refractivity contribution in [2.75, 3.05) is 6.61 Å². The smallest absolute Gasteiger partial charge is 0.348 e. The van der Waals surface area contributed by atoms with Gasteiger partial charge in [-0.3, -0.25) is 4.52 Å². The summed E-state index contributed by atoms with van der Waals surface area (Å²) in [5.74, 6) is 0. The van der Waals surface area contributed by atoms with Gasteiger partial charge in [0.1, 0.15) is 0 Å². The van der Waals surface area contributed by atoms with Crippen LogP contribution in [0.25, 0.3) is 6.08 Å². The predicted octanol–water partition coefficient (Wildman–Crippen LogP) is 3.82. The summed E-state index contributed by atoms with van der Waals surface area (Å²) in [5, 5.41) is 0. The number of hydrogen-bond acceptors (Lipinski definition) is 3. The van der Waals surface area contributed by atoms with Gasteiger partial charge in [0.05, 0.1) is 6.61 Å². The van der Waals surface area contributed by atoms with E-state index in [9.17, 15) is 4.57 Å². The summed E-state index contributed by atoms with van der Waals surface area (Å²) in [7, 11) is -2.48. The zero-order valence-electron chi connectivity index (χ0n) is 16.6. The molecule has 0 amide bonds. The Bertz CT molecular complexity index is 809. The Kier molecular flexibility index (Phi) is 8.23. The SMILES string of the molecule is Cn1c(/C=C/CCCc2ccccc2)ccc1CCC(C)(N)COP(=O)(O)O. The molecule has 0 saturated heterocycles. The molecule has 2 rings (SSSR count). The number of benzene rings is 1. The molecule has 0 radical (unpaired) electrons. The molecule has 154 valence electrons. The van der Waals surface area contributed by atoms with E-state index >= 15 is 0 Å². The Labute approximate surface area is 167 Å². The predicted molar refractivity (Wildman–Crippen MR) is 113 cm³/mol. The topological polar surface area (TPSA) is 97.7 Å². The number of phosphoric ester groups is 1. The lowest BCUT2D eigenvalue weighted by Crippen LogP contribution is -2.41. The second kappa shape index (κ2) is 10.2. The normalized spacial score (nSPS) is 14.5. The van der Waals surface area contributed by atoms with E-state index in [2.05, 4.69) is 57.6 Å². The molecule has 0 fully saturated rings. The lowest BCUT2D eigenvalue weighted by Gasteiger charge is -2.24. The lowest BCUT2D eigenvalue weighted by atomic mass is 9.97. The second-order valence-corrected chi connectivity index (χ2v) is 8.75. The molecule has 1 heterocycles. The van der Waals surface area contributed by atoms with E-state index in [0.717, 1.165) is 30.7 Å². The molecule has 6 nitrogen and oxygen atoms in total. The van der Waals surface area contributed by atoms with Gasteiger partial charge in [-0.1, -0.05) is 36.4 Å². The third-order valence-corrected chi connectivity index (χ3v) is 5.21. The molecule has 1 aromatic heterocycles. The molecule has 4 N–H and O–H groups in total. The molecular formula is C21H31N2O4P. The maximum absolute atomic E-state index is 10.8. The minimum absolute atomic E-state index is 0.185. The van der Waals surface area contributed by atoms with E-state index in [-0.39, 0.29) is 6.61 Å². The fourth-order valence-corrected chi connectivity index (χ4v) is 3.44. The van der Waals surface area contributed by atoms with E-state index in [4.69, 9.17) is 15.5 Å². The highest BCUT2D eigenvalue weighted by Gasteiger charge is 2.24. The molecule has 28 heavy (non-hydrogen) atoms. The maximum atomic E-state index is 10.8. The van der Waals surface area contributed by atoms with Crippen molar-refractivity contribution in [3.8, 4) is 0 Å². The fourth-order valence-electron chi connectivity index (χ4n) is 2.98. The average molecular weight is 406 g/mol. The Morgan fingerprint density at radius 1 is 1.18 bits per heavy atom. The highest BCUT2D eigenvalue weighted by atomic mass is 31.2. The van der Waals surface area contributed by atoms with Crippen LogP contribution in [0.4, 0.5) is 0 Å². The van der Waals surface area contributed by atoms with Gasteiger partial charge in [0.15, 0.2) is 0 Å². The molecule has 0 aliphatic heterocycles. The van der Waals surface area contributed by atoms with Gasteiger partial charge in [0.25, 0.3) is 0 Å². The summed E-state index contributed by atoms with van der Waals surface area (Å²) in [4.78, 5) is 17.6. The van der Waals surface area contributed by atoms with Crippen LogP contribution in [-0.2, 0) is 29.0 Å². The minimum atomic E-state index is -4.50. The van der Waals surface area contributed by atoms with E-state index < -0.39 is 13.4 Å². The Morgan fingerprint density at radius 2 is 1.89 bits per heavy atom. The number of hydrogen-bond donors (Lipinski definition) is 3. The summed E-state index contributed by atoms with van der Waals surface area (Å²) in [5.41, 5.74) is 8.90. The van der Waals surface area contributed by atoms with Gasteiger partial charge in [-0.25, -0.2) is 4.57 Å². The number of nitrogens with two attached hydrogens (primary N) is 1. The number of aromatic nitrogens is 1. The van der Waals surface area contributed by atoms with Crippen LogP contribution in [0.5, 0.6) is 0 Å². The highest BCUT2D eigenvalue weighted by Crippen LogP contribution is 2.36. The van der Waals surface area contributed by atoms with Crippen LogP contribution in [0.15, 0.2) is 48.5 Å². The molecule has 1 atom stereocenters. The number of unbranched alkanes of at least 4 members (excludes halogenated alkanes) is 1. The summed E-state index contributed by atoms with van der Waals surface area (Å²) in [6.07, 6.45) is 8.81. The number of rotatable bonds is 11. The Hall–Kier alpha value is -1.69. The zero-order valence-corrected chi connectivity index (χ0v) is 17.5. The van der Waals surface area contributed by atoms with Gasteiger partial charge in [0, 0.05) is 24.0 Å². The molecule has 0 spiro atoms. The van der Waals surface area contributed by atoms with Crippen molar-refractivity contribution < 1.29 is 18.9 Å². The number of aryl methyl sites for hydroxylation is 2. The molecule has 0 saturated carbocycles. The summed E-state index contributed by atoms with van der Waals surface area (Å²) >= 11 is 0. The van der Waals surface area contributed by atoms with Crippen molar-refractivity contribution >= 4 is 13.9 Å². The van der Waals surface area contributed by atoms with Crippen molar-refractivity contribution in [1.29, 1.82) is 0 Å². The van der Waals surface area contributed by atoms with Gasteiger partial charge in [-0.15, -0.1) is 0 Å². The average Bonchev–Trinajstić information content (AvgIpc) is 2.99. The second-order valence-electron chi connectivity index (χ2n) is 7.51. The highest BCUT2D eigenvalue weighted by molar-refractivity contribution is 7.46. The van der Waals surface area contributed by atoms with Gasteiger partial charge in [-0.2, -0.15) is 0 Å². The van der Waals surface area contributed by atoms with Crippen LogP contribution in [0.1, 0.15) is 43.1 Å². The molecule has 0 aliphatic carbocycles. The molecule has 7 heteroatoms. The van der Waals surface area contributed by atoms with Gasteiger partial charge in [-0.05, 0) is 62.8 Å². The van der Waals surface area contributed by atoms with E-state index in [0.29, 0.717) is 12.8 Å². The van der Waals surface area contributed by atoms with Gasteiger partial charge < -0.3 is 20.1 Å². The van der Waals surface area contributed by atoms with Crippen LogP contribution < -0.4 is 5.73 Å². The molecular weight excluding hydrogens is 375 g/mol. The van der Waals surface area contributed by atoms with Gasteiger partial charge >= 0.3 is 7.82 Å². The molecule has 0 bridgehead atoms. The van der Waals surface area contributed by atoms with Crippen molar-refractivity contribution in [2.24, 2.45) is 12.8 Å². The standard InChI is InChI=1S/C21H31N2O4P/c1-21(22,17-27-28(24,25)26)16-15-20-14-13-19(23(20)2)12-8-4-7-11-18-9-5-3-6-10-18/h3,5-6,8-10,12-14H,4,7,11,15-17,22H2,1-2H3,(H2,24,25,26)/b12-8+. The van der Waals surface area contributed by atoms with Crippen LogP contribution in [0, 0.1) is 0 Å². The summed E-state index contributed by atoms with van der Waals surface area (Å²) < 4.78 is 17.5. The summed E-state index contributed by atoms with van der Waals surface area (Å²) in [6.45, 7) is 1.55. The first-order valence-electron chi connectivity index (χ1n) is 9.50. The van der Waals surface area contributed by atoms with Crippen LogP contribution >= 0.6 is 7.82 Å². The van der Waals surface area contributed by atoms with Crippen molar-refractivity contribution in [1.82, 2.24) is 4.57 Å². The van der Waals surface area contributed by atoms with Gasteiger partial charge in [0.2, 0.25) is 0 Å². The van der Waals surface area contributed by atoms with Crippen LogP contribution in [0.3, 0.4) is 0 Å². The van der Waals surface area contributed by atoms with E-state index in [1.54, 1.807) is 6.92 Å². The largest absolute Gasteiger partial charge is 0.469 e. The monoisotopic (exact) mass is 406 g/mol. The number of allylic oxidation sites excluding steroid dienone is 1. The van der Waals surface area contributed by atoms with E-state index in [1.165, 1.54) is 5.56 Å². The third kappa shape index (κ3) is 8.13. The first-order valence-corrected chi connectivity index (χ1v) is 11.0. The zero-order chi connectivity index (χ0) is 20.6. The Balaban J connectivity index is 1.80. The first-order chi connectivity index (χ1) is 13.2. The Morgan fingerprint density at radius 3 is 2.57 bits per heavy atom. The lowest BCUT2D eigenvalue weighted by molar-refractivity contribution is 0.154. The van der Waals surface area contributed by atoms with Crippen molar-refractivity contribution in [3.63, 3.8) is 0 Å².